The van der Waals surface area contributed by atoms with Crippen LogP contribution in [0.3, 0.4) is 0 Å². The van der Waals surface area contributed by atoms with Gasteiger partial charge in [-0.1, -0.05) is 24.3 Å². The van der Waals surface area contributed by atoms with E-state index in [0.29, 0.717) is 34.8 Å². The van der Waals surface area contributed by atoms with E-state index in [2.05, 4.69) is 0 Å². The summed E-state index contributed by atoms with van der Waals surface area (Å²) in [7, 11) is 1.56. The molecule has 0 aromatic heterocycles. The Kier molecular flexibility index (Phi) is 5.55. The van der Waals surface area contributed by atoms with Gasteiger partial charge in [0.05, 0.1) is 19.8 Å². The zero-order valence-electron chi connectivity index (χ0n) is 17.4. The SMILES string of the molecule is CCOc1cc([C@H]2N(C(C)C)C(=O)c3ccccc3[C@@]2(C)C(=O)O)ccc1OC. The summed E-state index contributed by atoms with van der Waals surface area (Å²) in [5.74, 6) is -0.0727. The van der Waals surface area contributed by atoms with Crippen LogP contribution in [0.5, 0.6) is 11.5 Å². The summed E-state index contributed by atoms with van der Waals surface area (Å²) in [5.41, 5.74) is 0.317. The maximum absolute atomic E-state index is 13.4. The van der Waals surface area contributed by atoms with Crippen molar-refractivity contribution in [1.82, 2.24) is 4.90 Å². The highest BCUT2D eigenvalue weighted by Crippen LogP contribution is 2.49. The second-order valence-corrected chi connectivity index (χ2v) is 7.61. The number of carboxylic acids is 1. The molecule has 1 aliphatic rings. The number of ether oxygens (including phenoxy) is 2. The third-order valence-corrected chi connectivity index (χ3v) is 5.58. The Balaban J connectivity index is 2.30. The van der Waals surface area contributed by atoms with E-state index >= 15 is 0 Å². The molecule has 0 saturated heterocycles. The van der Waals surface area contributed by atoms with Crippen molar-refractivity contribution in [2.45, 2.75) is 45.2 Å². The third kappa shape index (κ3) is 3.22. The summed E-state index contributed by atoms with van der Waals surface area (Å²) in [6.07, 6.45) is 0. The first-order valence-electron chi connectivity index (χ1n) is 9.73. The first kappa shape index (κ1) is 20.7. The normalized spacial score (nSPS) is 21.1. The van der Waals surface area contributed by atoms with Gasteiger partial charge in [0.25, 0.3) is 5.91 Å². The third-order valence-electron chi connectivity index (χ3n) is 5.58. The van der Waals surface area contributed by atoms with Crippen LogP contribution in [0.2, 0.25) is 0 Å². The van der Waals surface area contributed by atoms with Crippen molar-refractivity contribution in [3.05, 3.63) is 59.2 Å². The van der Waals surface area contributed by atoms with Crippen molar-refractivity contribution < 1.29 is 24.2 Å². The van der Waals surface area contributed by atoms with Crippen molar-refractivity contribution in [3.63, 3.8) is 0 Å². The van der Waals surface area contributed by atoms with Crippen LogP contribution in [0.25, 0.3) is 0 Å². The topological polar surface area (TPSA) is 76.1 Å². The van der Waals surface area contributed by atoms with Crippen LogP contribution >= 0.6 is 0 Å². The Labute approximate surface area is 171 Å². The molecule has 6 heteroatoms. The van der Waals surface area contributed by atoms with Gasteiger partial charge in [-0.2, -0.15) is 0 Å². The van der Waals surface area contributed by atoms with Gasteiger partial charge in [-0.25, -0.2) is 0 Å². The van der Waals surface area contributed by atoms with Gasteiger partial charge in [0.2, 0.25) is 0 Å². The van der Waals surface area contributed by atoms with Crippen LogP contribution in [0.1, 0.15) is 55.2 Å². The monoisotopic (exact) mass is 397 g/mol. The minimum atomic E-state index is -1.33. The number of hydrogen-bond donors (Lipinski definition) is 1. The number of nitrogens with zero attached hydrogens (tertiary/aromatic N) is 1. The number of carboxylic acid groups (broad SMARTS) is 1. The standard InChI is InChI=1S/C23H27NO5/c1-6-29-19-13-15(11-12-18(19)28-5)20-23(4,22(26)27)17-10-8-7-9-16(17)21(25)24(20)14(2)3/h7-14,20H,6H2,1-5H3,(H,26,27)/t20-,23-/m1/s1. The van der Waals surface area contributed by atoms with Gasteiger partial charge in [0.15, 0.2) is 11.5 Å². The number of amides is 1. The number of aliphatic carboxylic acids is 1. The minimum Gasteiger partial charge on any atom is -0.493 e. The van der Waals surface area contributed by atoms with Gasteiger partial charge in [-0.05, 0) is 57.0 Å². The molecule has 1 amide bonds. The number of benzene rings is 2. The molecule has 0 spiro atoms. The largest absolute Gasteiger partial charge is 0.493 e. The molecule has 154 valence electrons. The lowest BCUT2D eigenvalue weighted by Gasteiger charge is -2.48. The summed E-state index contributed by atoms with van der Waals surface area (Å²) in [6.45, 7) is 7.79. The summed E-state index contributed by atoms with van der Waals surface area (Å²) in [4.78, 5) is 27.7. The average molecular weight is 397 g/mol. The molecule has 29 heavy (non-hydrogen) atoms. The fourth-order valence-electron chi connectivity index (χ4n) is 4.19. The van der Waals surface area contributed by atoms with Crippen molar-refractivity contribution in [2.24, 2.45) is 0 Å². The first-order chi connectivity index (χ1) is 13.8. The predicted octanol–water partition coefficient (Wildman–Crippen LogP) is 4.04. The maximum Gasteiger partial charge on any atom is 0.316 e. The first-order valence-corrected chi connectivity index (χ1v) is 9.73. The van der Waals surface area contributed by atoms with Crippen molar-refractivity contribution in [1.29, 1.82) is 0 Å². The van der Waals surface area contributed by atoms with E-state index in [1.54, 1.807) is 55.3 Å². The number of rotatable bonds is 6. The highest BCUT2D eigenvalue weighted by molar-refractivity contribution is 6.01. The van der Waals surface area contributed by atoms with Gasteiger partial charge >= 0.3 is 5.97 Å². The Morgan fingerprint density at radius 1 is 1.21 bits per heavy atom. The molecular weight excluding hydrogens is 370 g/mol. The number of carbonyl (C=O) groups is 2. The zero-order valence-corrected chi connectivity index (χ0v) is 17.4. The molecule has 1 aliphatic heterocycles. The quantitative estimate of drug-likeness (QED) is 0.796. The number of fused-ring (bicyclic) bond motifs is 1. The molecule has 1 N–H and O–H groups in total. The van der Waals surface area contributed by atoms with E-state index in [9.17, 15) is 14.7 Å². The van der Waals surface area contributed by atoms with E-state index in [1.807, 2.05) is 26.8 Å². The molecule has 0 unspecified atom stereocenters. The molecule has 2 aromatic rings. The van der Waals surface area contributed by atoms with E-state index in [-0.39, 0.29) is 11.9 Å². The zero-order chi connectivity index (χ0) is 21.3. The minimum absolute atomic E-state index is 0.173. The molecule has 0 radical (unpaired) electrons. The number of carbonyl (C=O) groups excluding carboxylic acids is 1. The molecule has 2 aromatic carbocycles. The molecule has 3 rings (SSSR count). The van der Waals surface area contributed by atoms with Crippen LogP contribution in [-0.4, -0.2) is 41.6 Å². The van der Waals surface area contributed by atoms with E-state index in [1.165, 1.54) is 0 Å². The molecule has 0 bridgehead atoms. The van der Waals surface area contributed by atoms with E-state index in [4.69, 9.17) is 9.47 Å². The van der Waals surface area contributed by atoms with E-state index < -0.39 is 17.4 Å². The highest BCUT2D eigenvalue weighted by Gasteiger charge is 2.54. The second kappa shape index (κ2) is 7.78. The molecule has 0 saturated carbocycles. The lowest BCUT2D eigenvalue weighted by molar-refractivity contribution is -0.146. The number of hydrogen-bond acceptors (Lipinski definition) is 4. The summed E-state index contributed by atoms with van der Waals surface area (Å²) < 4.78 is 11.1. The lowest BCUT2D eigenvalue weighted by atomic mass is 9.67. The van der Waals surface area contributed by atoms with Crippen LogP contribution < -0.4 is 9.47 Å². The molecule has 0 fully saturated rings. The van der Waals surface area contributed by atoms with Crippen molar-refractivity contribution in [2.75, 3.05) is 13.7 Å². The van der Waals surface area contributed by atoms with Gasteiger partial charge in [0.1, 0.15) is 5.41 Å². The lowest BCUT2D eigenvalue weighted by Crippen LogP contribution is -2.56. The Bertz CT molecular complexity index is 939. The molecule has 1 heterocycles. The Morgan fingerprint density at radius 3 is 2.48 bits per heavy atom. The van der Waals surface area contributed by atoms with Crippen LogP contribution in [0, 0.1) is 0 Å². The highest BCUT2D eigenvalue weighted by atomic mass is 16.5. The van der Waals surface area contributed by atoms with Crippen LogP contribution in [-0.2, 0) is 10.2 Å². The molecule has 6 nitrogen and oxygen atoms in total. The number of methoxy groups -OCH3 is 1. The Hall–Kier alpha value is -3.02. The maximum atomic E-state index is 13.4. The summed E-state index contributed by atoms with van der Waals surface area (Å²) >= 11 is 0. The second-order valence-electron chi connectivity index (χ2n) is 7.61. The fraction of sp³-hybridized carbons (Fsp3) is 0.391. The predicted molar refractivity (Wildman–Crippen MR) is 110 cm³/mol. The molecule has 2 atom stereocenters. The van der Waals surface area contributed by atoms with Gasteiger partial charge < -0.3 is 19.5 Å². The fourth-order valence-corrected chi connectivity index (χ4v) is 4.19. The summed E-state index contributed by atoms with van der Waals surface area (Å²) in [5, 5.41) is 10.3. The average Bonchev–Trinajstić information content (AvgIpc) is 2.70. The van der Waals surface area contributed by atoms with Gasteiger partial charge in [-0.15, -0.1) is 0 Å². The van der Waals surface area contributed by atoms with Gasteiger partial charge in [-0.3, -0.25) is 9.59 Å². The van der Waals surface area contributed by atoms with Crippen LogP contribution in [0.15, 0.2) is 42.5 Å². The van der Waals surface area contributed by atoms with Crippen molar-refractivity contribution in [3.8, 4) is 11.5 Å². The molecule has 0 aliphatic carbocycles. The molecular formula is C23H27NO5. The van der Waals surface area contributed by atoms with Crippen molar-refractivity contribution >= 4 is 11.9 Å². The van der Waals surface area contributed by atoms with Gasteiger partial charge in [0, 0.05) is 11.6 Å². The Morgan fingerprint density at radius 2 is 1.90 bits per heavy atom. The summed E-state index contributed by atoms with van der Waals surface area (Å²) in [6, 6.07) is 11.4. The van der Waals surface area contributed by atoms with Crippen LogP contribution in [0.4, 0.5) is 0 Å². The smallest absolute Gasteiger partial charge is 0.316 e. The van der Waals surface area contributed by atoms with E-state index in [0.717, 1.165) is 0 Å².